The largest absolute Gasteiger partial charge is 0.311 e. The van der Waals surface area contributed by atoms with Crippen LogP contribution in [0.3, 0.4) is 0 Å². The SMILES string of the molecule is CC(Cc1c(F)cccc1F)NC(C)C1CCCCC1. The van der Waals surface area contributed by atoms with Gasteiger partial charge in [0.2, 0.25) is 0 Å². The summed E-state index contributed by atoms with van der Waals surface area (Å²) < 4.78 is 27.3. The second-order valence-corrected chi connectivity index (χ2v) is 6.16. The zero-order chi connectivity index (χ0) is 14.5. The molecule has 0 spiro atoms. The molecule has 20 heavy (non-hydrogen) atoms. The highest BCUT2D eigenvalue weighted by Gasteiger charge is 2.22. The third-order valence-electron chi connectivity index (χ3n) is 4.48. The Labute approximate surface area is 120 Å². The number of benzene rings is 1. The highest BCUT2D eigenvalue weighted by atomic mass is 19.1. The van der Waals surface area contributed by atoms with E-state index >= 15 is 0 Å². The van der Waals surface area contributed by atoms with Gasteiger partial charge in [-0.15, -0.1) is 0 Å². The second-order valence-electron chi connectivity index (χ2n) is 6.16. The summed E-state index contributed by atoms with van der Waals surface area (Å²) in [5.74, 6) is -0.176. The summed E-state index contributed by atoms with van der Waals surface area (Å²) in [6, 6.07) is 4.57. The molecule has 0 amide bonds. The van der Waals surface area contributed by atoms with Crippen molar-refractivity contribution in [1.29, 1.82) is 0 Å². The highest BCUT2D eigenvalue weighted by Crippen LogP contribution is 2.26. The molecule has 1 aliphatic carbocycles. The predicted molar refractivity (Wildman–Crippen MR) is 78.7 cm³/mol. The van der Waals surface area contributed by atoms with Gasteiger partial charge in [-0.25, -0.2) is 8.78 Å². The quantitative estimate of drug-likeness (QED) is 0.840. The van der Waals surface area contributed by atoms with Gasteiger partial charge in [0.05, 0.1) is 0 Å². The normalized spacial score (nSPS) is 19.8. The van der Waals surface area contributed by atoms with Gasteiger partial charge < -0.3 is 5.32 Å². The van der Waals surface area contributed by atoms with E-state index in [0.29, 0.717) is 18.4 Å². The minimum absolute atomic E-state index is 0.0818. The molecule has 0 bridgehead atoms. The monoisotopic (exact) mass is 281 g/mol. The van der Waals surface area contributed by atoms with Crippen LogP contribution in [-0.4, -0.2) is 12.1 Å². The van der Waals surface area contributed by atoms with E-state index in [1.54, 1.807) is 0 Å². The second kappa shape index (κ2) is 7.16. The van der Waals surface area contributed by atoms with E-state index in [2.05, 4.69) is 12.2 Å². The molecule has 1 aromatic rings. The molecule has 3 heteroatoms. The van der Waals surface area contributed by atoms with Crippen LogP contribution in [0.25, 0.3) is 0 Å². The fourth-order valence-electron chi connectivity index (χ4n) is 3.31. The van der Waals surface area contributed by atoms with Crippen LogP contribution in [0, 0.1) is 17.6 Å². The number of nitrogens with one attached hydrogen (secondary N) is 1. The van der Waals surface area contributed by atoms with E-state index in [-0.39, 0.29) is 11.6 Å². The van der Waals surface area contributed by atoms with Gasteiger partial charge in [-0.05, 0) is 51.2 Å². The molecule has 1 saturated carbocycles. The summed E-state index contributed by atoms with van der Waals surface area (Å²) in [7, 11) is 0. The summed E-state index contributed by atoms with van der Waals surface area (Å²) in [5.41, 5.74) is 0.198. The van der Waals surface area contributed by atoms with Crippen molar-refractivity contribution in [1.82, 2.24) is 5.32 Å². The summed E-state index contributed by atoms with van der Waals surface area (Å²) in [6.45, 7) is 4.20. The van der Waals surface area contributed by atoms with E-state index in [1.807, 2.05) is 6.92 Å². The molecule has 1 aliphatic rings. The molecule has 0 saturated heterocycles. The van der Waals surface area contributed by atoms with Crippen molar-refractivity contribution >= 4 is 0 Å². The number of hydrogen-bond donors (Lipinski definition) is 1. The Bertz CT molecular complexity index is 407. The van der Waals surface area contributed by atoms with Gasteiger partial charge in [-0.3, -0.25) is 0 Å². The van der Waals surface area contributed by atoms with Gasteiger partial charge >= 0.3 is 0 Å². The zero-order valence-electron chi connectivity index (χ0n) is 12.5. The lowest BCUT2D eigenvalue weighted by atomic mass is 9.84. The van der Waals surface area contributed by atoms with Crippen molar-refractivity contribution in [3.8, 4) is 0 Å². The number of rotatable bonds is 5. The van der Waals surface area contributed by atoms with Crippen molar-refractivity contribution < 1.29 is 8.78 Å². The Morgan fingerprint density at radius 3 is 2.30 bits per heavy atom. The average molecular weight is 281 g/mol. The van der Waals surface area contributed by atoms with Crippen LogP contribution in [0.15, 0.2) is 18.2 Å². The van der Waals surface area contributed by atoms with Crippen LogP contribution in [0.4, 0.5) is 8.78 Å². The summed E-state index contributed by atoms with van der Waals surface area (Å²) in [6.07, 6.45) is 6.92. The molecule has 1 nitrogen and oxygen atoms in total. The van der Waals surface area contributed by atoms with E-state index in [1.165, 1.54) is 50.3 Å². The van der Waals surface area contributed by atoms with E-state index in [4.69, 9.17) is 0 Å². The van der Waals surface area contributed by atoms with Crippen molar-refractivity contribution in [2.45, 2.75) is 64.5 Å². The first-order chi connectivity index (χ1) is 9.58. The lowest BCUT2D eigenvalue weighted by Gasteiger charge is -2.30. The zero-order valence-corrected chi connectivity index (χ0v) is 12.5. The predicted octanol–water partition coefficient (Wildman–Crippen LogP) is 4.45. The maximum atomic E-state index is 13.6. The van der Waals surface area contributed by atoms with E-state index in [0.717, 1.165) is 0 Å². The summed E-state index contributed by atoms with van der Waals surface area (Å²) >= 11 is 0. The van der Waals surface area contributed by atoms with E-state index < -0.39 is 11.6 Å². The molecule has 1 aromatic carbocycles. The Morgan fingerprint density at radius 2 is 1.70 bits per heavy atom. The molecular weight excluding hydrogens is 256 g/mol. The van der Waals surface area contributed by atoms with Crippen molar-refractivity contribution in [3.63, 3.8) is 0 Å². The fourth-order valence-corrected chi connectivity index (χ4v) is 3.31. The first-order valence-electron chi connectivity index (χ1n) is 7.77. The molecule has 112 valence electrons. The lowest BCUT2D eigenvalue weighted by molar-refractivity contribution is 0.266. The molecule has 2 unspecified atom stereocenters. The van der Waals surface area contributed by atoms with Crippen LogP contribution < -0.4 is 5.32 Å². The Morgan fingerprint density at radius 1 is 1.10 bits per heavy atom. The molecular formula is C17H25F2N. The Kier molecular flexibility index (Phi) is 5.53. The molecule has 0 aliphatic heterocycles. The van der Waals surface area contributed by atoms with Gasteiger partial charge in [0.15, 0.2) is 0 Å². The average Bonchev–Trinajstić information content (AvgIpc) is 2.44. The maximum absolute atomic E-state index is 13.6. The topological polar surface area (TPSA) is 12.0 Å². The summed E-state index contributed by atoms with van der Waals surface area (Å²) in [4.78, 5) is 0. The first kappa shape index (κ1) is 15.4. The van der Waals surface area contributed by atoms with Crippen molar-refractivity contribution in [3.05, 3.63) is 35.4 Å². The third kappa shape index (κ3) is 4.02. The molecule has 0 heterocycles. The third-order valence-corrected chi connectivity index (χ3v) is 4.48. The Hall–Kier alpha value is -0.960. The number of halogens is 2. The molecule has 1 N–H and O–H groups in total. The van der Waals surface area contributed by atoms with Gasteiger partial charge in [0.25, 0.3) is 0 Å². The van der Waals surface area contributed by atoms with Gasteiger partial charge in [-0.1, -0.05) is 25.3 Å². The standard InChI is InChI=1S/C17H25F2N/c1-12(11-15-16(18)9-6-10-17(15)19)20-13(2)14-7-4-3-5-8-14/h6,9-10,12-14,20H,3-5,7-8,11H2,1-2H3. The van der Waals surface area contributed by atoms with Crippen molar-refractivity contribution in [2.24, 2.45) is 5.92 Å². The van der Waals surface area contributed by atoms with Crippen LogP contribution in [-0.2, 0) is 6.42 Å². The maximum Gasteiger partial charge on any atom is 0.129 e. The molecule has 0 aromatic heterocycles. The van der Waals surface area contributed by atoms with Gasteiger partial charge in [0, 0.05) is 17.6 Å². The molecule has 2 rings (SSSR count). The van der Waals surface area contributed by atoms with E-state index in [9.17, 15) is 8.78 Å². The lowest BCUT2D eigenvalue weighted by Crippen LogP contribution is -2.41. The molecule has 2 atom stereocenters. The van der Waals surface area contributed by atoms with Crippen LogP contribution in [0.5, 0.6) is 0 Å². The molecule has 0 radical (unpaired) electrons. The van der Waals surface area contributed by atoms with Gasteiger partial charge in [-0.2, -0.15) is 0 Å². The summed E-state index contributed by atoms with van der Waals surface area (Å²) in [5, 5.41) is 3.52. The van der Waals surface area contributed by atoms with Gasteiger partial charge in [0.1, 0.15) is 11.6 Å². The van der Waals surface area contributed by atoms with Crippen LogP contribution in [0.1, 0.15) is 51.5 Å². The van der Waals surface area contributed by atoms with Crippen molar-refractivity contribution in [2.75, 3.05) is 0 Å². The minimum Gasteiger partial charge on any atom is -0.311 e. The fraction of sp³-hybridized carbons (Fsp3) is 0.647. The smallest absolute Gasteiger partial charge is 0.129 e. The van der Waals surface area contributed by atoms with Crippen LogP contribution in [0.2, 0.25) is 0 Å². The molecule has 1 fully saturated rings. The van der Waals surface area contributed by atoms with Crippen LogP contribution >= 0.6 is 0 Å². The Balaban J connectivity index is 1.90. The number of hydrogen-bond acceptors (Lipinski definition) is 1. The minimum atomic E-state index is -0.441. The highest BCUT2D eigenvalue weighted by molar-refractivity contribution is 5.20. The first-order valence-corrected chi connectivity index (χ1v) is 7.77.